The van der Waals surface area contributed by atoms with E-state index in [0.29, 0.717) is 17.1 Å². The molecule has 7 heteroatoms. The lowest BCUT2D eigenvalue weighted by Gasteiger charge is -2.28. The molecule has 0 N–H and O–H groups in total. The first-order chi connectivity index (χ1) is 12.5. The summed E-state index contributed by atoms with van der Waals surface area (Å²) in [7, 11) is 3.92. The van der Waals surface area contributed by atoms with Gasteiger partial charge in [-0.3, -0.25) is 8.51 Å². The highest BCUT2D eigenvalue weighted by atomic mass is 32.2. The van der Waals surface area contributed by atoms with E-state index in [2.05, 4.69) is 22.4 Å². The number of aliphatic imine (C=N–C) groups is 1. The third-order valence-electron chi connectivity index (χ3n) is 3.98. The van der Waals surface area contributed by atoms with E-state index < -0.39 is 11.3 Å². The van der Waals surface area contributed by atoms with Crippen molar-refractivity contribution in [1.29, 1.82) is 0 Å². The topological polar surface area (TPSA) is 59.0 Å². The maximum Gasteiger partial charge on any atom is 0.0741 e. The van der Waals surface area contributed by atoms with Gasteiger partial charge in [0, 0.05) is 30.6 Å². The molecule has 1 unspecified atom stereocenters. The number of thiocarbonyl (C=S) groups is 1. The number of anilines is 3. The minimum Gasteiger partial charge on any atom is -0.755 e. The van der Waals surface area contributed by atoms with Gasteiger partial charge in [-0.05, 0) is 48.6 Å². The van der Waals surface area contributed by atoms with Crippen LogP contribution < -0.4 is 9.21 Å². The molecule has 0 aromatic heterocycles. The van der Waals surface area contributed by atoms with Crippen molar-refractivity contribution in [2.75, 3.05) is 23.3 Å². The minimum absolute atomic E-state index is 0.518. The molecule has 0 saturated heterocycles. The molecule has 0 saturated carbocycles. The third-order valence-corrected chi connectivity index (χ3v) is 4.78. The summed E-state index contributed by atoms with van der Waals surface area (Å²) in [6.07, 6.45) is 0. The fourth-order valence-electron chi connectivity index (χ4n) is 2.86. The van der Waals surface area contributed by atoms with E-state index in [9.17, 15) is 8.76 Å². The van der Waals surface area contributed by atoms with Gasteiger partial charge >= 0.3 is 0 Å². The second kappa shape index (κ2) is 7.76. The predicted octanol–water partition coefficient (Wildman–Crippen LogP) is 4.57. The lowest BCUT2D eigenvalue weighted by molar-refractivity contribution is 0.537. The van der Waals surface area contributed by atoms with Crippen molar-refractivity contribution in [2.45, 2.75) is 0 Å². The van der Waals surface area contributed by atoms with Gasteiger partial charge in [-0.1, -0.05) is 24.3 Å². The number of rotatable bonds is 5. The van der Waals surface area contributed by atoms with Crippen molar-refractivity contribution in [1.82, 2.24) is 0 Å². The van der Waals surface area contributed by atoms with Crippen LogP contribution in [-0.4, -0.2) is 28.0 Å². The van der Waals surface area contributed by atoms with Gasteiger partial charge < -0.3 is 9.45 Å². The van der Waals surface area contributed by atoms with Gasteiger partial charge in [0.05, 0.1) is 33.5 Å². The molecule has 0 heterocycles. The lowest BCUT2D eigenvalue weighted by atomic mass is 10.1. The number of hydrogen-bond acceptors (Lipinski definition) is 5. The van der Waals surface area contributed by atoms with Crippen LogP contribution in [0.25, 0.3) is 10.8 Å². The Morgan fingerprint density at radius 2 is 1.54 bits per heavy atom. The number of nitrogens with zero attached hydrogens (tertiary/aromatic N) is 3. The van der Waals surface area contributed by atoms with E-state index in [1.807, 2.05) is 49.3 Å². The normalized spacial score (nSPS) is 11.7. The summed E-state index contributed by atoms with van der Waals surface area (Å²) >= 11 is 2.11. The van der Waals surface area contributed by atoms with Gasteiger partial charge in [-0.25, -0.2) is 0 Å². The maximum absolute atomic E-state index is 12.0. The Morgan fingerprint density at radius 3 is 2.08 bits per heavy atom. The predicted molar refractivity (Wildman–Crippen MR) is 110 cm³/mol. The van der Waals surface area contributed by atoms with Crippen molar-refractivity contribution < 1.29 is 8.76 Å². The molecule has 0 spiro atoms. The second-order valence-corrected chi connectivity index (χ2v) is 6.76. The molecule has 0 amide bonds. The Balaban J connectivity index is 2.19. The quantitative estimate of drug-likeness (QED) is 0.368. The van der Waals surface area contributed by atoms with E-state index in [1.165, 1.54) is 4.31 Å². The first-order valence-electron chi connectivity index (χ1n) is 7.79. The van der Waals surface area contributed by atoms with Crippen molar-refractivity contribution in [3.8, 4) is 0 Å². The van der Waals surface area contributed by atoms with Crippen LogP contribution in [0.5, 0.6) is 0 Å². The van der Waals surface area contributed by atoms with Crippen LogP contribution in [0.1, 0.15) is 0 Å². The van der Waals surface area contributed by atoms with Gasteiger partial charge in [0.1, 0.15) is 0 Å². The zero-order valence-electron chi connectivity index (χ0n) is 14.2. The molecular weight excluding hydrogens is 366 g/mol. The summed E-state index contributed by atoms with van der Waals surface area (Å²) in [5.74, 6) is 0. The SMILES string of the molecule is CN(C)c1cccc2c(N(c3ccc(N=C=S)cc3)S(=O)[O-])cccc12. The molecule has 132 valence electrons. The molecule has 26 heavy (non-hydrogen) atoms. The Kier molecular flexibility index (Phi) is 5.44. The third kappa shape index (κ3) is 3.52. The fraction of sp³-hybridized carbons (Fsp3) is 0.105. The summed E-state index contributed by atoms with van der Waals surface area (Å²) in [5, 5.41) is 4.13. The number of hydrogen-bond donors (Lipinski definition) is 0. The van der Waals surface area contributed by atoms with Gasteiger partial charge in [-0.15, -0.1) is 0 Å². The van der Waals surface area contributed by atoms with Crippen molar-refractivity contribution in [3.05, 3.63) is 60.7 Å². The van der Waals surface area contributed by atoms with E-state index >= 15 is 0 Å². The summed E-state index contributed by atoms with van der Waals surface area (Å²) in [6.45, 7) is 0. The van der Waals surface area contributed by atoms with Crippen LogP contribution in [0, 0.1) is 0 Å². The number of fused-ring (bicyclic) bond motifs is 1. The van der Waals surface area contributed by atoms with E-state index in [0.717, 1.165) is 16.5 Å². The molecule has 0 radical (unpaired) electrons. The highest BCUT2D eigenvalue weighted by Crippen LogP contribution is 2.37. The summed E-state index contributed by atoms with van der Waals surface area (Å²) in [5.41, 5.74) is 2.75. The molecule has 1 atom stereocenters. The summed E-state index contributed by atoms with van der Waals surface area (Å²) in [6, 6.07) is 18.3. The monoisotopic (exact) mass is 382 g/mol. The van der Waals surface area contributed by atoms with Gasteiger partial charge in [-0.2, -0.15) is 4.99 Å². The molecule has 0 fully saturated rings. The first-order valence-corrected chi connectivity index (χ1v) is 9.23. The molecule has 0 aliphatic carbocycles. The molecule has 0 aliphatic rings. The van der Waals surface area contributed by atoms with Gasteiger partial charge in [0.2, 0.25) is 0 Å². The van der Waals surface area contributed by atoms with Gasteiger partial charge in [0.15, 0.2) is 0 Å². The fourth-order valence-corrected chi connectivity index (χ4v) is 3.58. The molecule has 0 aliphatic heterocycles. The highest BCUT2D eigenvalue weighted by molar-refractivity contribution is 7.81. The van der Waals surface area contributed by atoms with Gasteiger partial charge in [0.25, 0.3) is 0 Å². The average Bonchev–Trinajstić information content (AvgIpc) is 2.63. The Bertz CT molecular complexity index is 1010. The Hall–Kier alpha value is -2.57. The molecule has 5 nitrogen and oxygen atoms in total. The summed E-state index contributed by atoms with van der Waals surface area (Å²) in [4.78, 5) is 5.90. The van der Waals surface area contributed by atoms with Crippen LogP contribution in [-0.2, 0) is 11.3 Å². The van der Waals surface area contributed by atoms with Crippen LogP contribution in [0.2, 0.25) is 0 Å². The zero-order valence-corrected chi connectivity index (χ0v) is 15.9. The smallest absolute Gasteiger partial charge is 0.0741 e. The molecular formula is C19H16N3O2S2-. The second-order valence-electron chi connectivity index (χ2n) is 5.77. The average molecular weight is 382 g/mol. The van der Waals surface area contributed by atoms with Crippen LogP contribution in [0.15, 0.2) is 65.7 Å². The number of isothiocyanates is 1. The van der Waals surface area contributed by atoms with E-state index in [1.54, 1.807) is 30.3 Å². The molecule has 3 aromatic rings. The molecule has 3 rings (SSSR count). The van der Waals surface area contributed by atoms with E-state index in [-0.39, 0.29) is 0 Å². The lowest BCUT2D eigenvalue weighted by Crippen LogP contribution is -2.19. The molecule has 3 aromatic carbocycles. The first kappa shape index (κ1) is 18.2. The van der Waals surface area contributed by atoms with Crippen LogP contribution >= 0.6 is 12.2 Å². The van der Waals surface area contributed by atoms with Crippen LogP contribution in [0.3, 0.4) is 0 Å². The summed E-state index contributed by atoms with van der Waals surface area (Å²) < 4.78 is 25.3. The maximum atomic E-state index is 12.0. The molecule has 0 bridgehead atoms. The van der Waals surface area contributed by atoms with E-state index in [4.69, 9.17) is 0 Å². The standard InChI is InChI=1S/C19H17N3O2S2/c1-21(2)18-7-3-6-17-16(18)5-4-8-19(17)22(26(23)24)15-11-9-14(10-12-15)20-13-25/h3-12H,1-2H3,(H,23,24)/p-1. The largest absolute Gasteiger partial charge is 0.755 e. The van der Waals surface area contributed by atoms with Crippen molar-refractivity contribution in [2.24, 2.45) is 4.99 Å². The number of benzene rings is 3. The Labute approximate surface area is 160 Å². The van der Waals surface area contributed by atoms with Crippen molar-refractivity contribution >= 4 is 62.2 Å². The van der Waals surface area contributed by atoms with Crippen molar-refractivity contribution in [3.63, 3.8) is 0 Å². The minimum atomic E-state index is -2.49. The Morgan fingerprint density at radius 1 is 0.962 bits per heavy atom. The zero-order chi connectivity index (χ0) is 18.7. The van der Waals surface area contributed by atoms with Crippen LogP contribution in [0.4, 0.5) is 22.7 Å². The highest BCUT2D eigenvalue weighted by Gasteiger charge is 2.15.